The zero-order valence-corrected chi connectivity index (χ0v) is 22.3. The van der Waals surface area contributed by atoms with Crippen molar-refractivity contribution in [1.29, 1.82) is 0 Å². The highest BCUT2D eigenvalue weighted by Crippen LogP contribution is 2.40. The highest BCUT2D eigenvalue weighted by atomic mass is 19.4. The molecule has 0 radical (unpaired) electrons. The van der Waals surface area contributed by atoms with Gasteiger partial charge in [0, 0.05) is 19.1 Å². The summed E-state index contributed by atoms with van der Waals surface area (Å²) in [6.45, 7) is 5.17. The molecule has 0 unspecified atom stereocenters. The summed E-state index contributed by atoms with van der Waals surface area (Å²) in [5, 5.41) is 7.27. The molecule has 0 amide bonds. The molecule has 10 nitrogen and oxygen atoms in total. The topological polar surface area (TPSA) is 118 Å². The first-order valence-corrected chi connectivity index (χ1v) is 14.1. The van der Waals surface area contributed by atoms with Gasteiger partial charge in [0.2, 0.25) is 17.6 Å². The number of alkyl halides is 3. The monoisotopic (exact) mass is 548 g/mol. The molecular formula is C26H35F3N8O2. The highest BCUT2D eigenvalue weighted by molar-refractivity contribution is 5.87. The minimum atomic E-state index is -4.36. The summed E-state index contributed by atoms with van der Waals surface area (Å²) in [5.41, 5.74) is 0.872. The number of nitrogens with zero attached hydrogens (tertiary/aromatic N) is 6. The maximum Gasteiger partial charge on any atom is 0.439 e. The largest absolute Gasteiger partial charge is 0.439 e. The van der Waals surface area contributed by atoms with Crippen LogP contribution < -0.4 is 16.0 Å². The van der Waals surface area contributed by atoms with E-state index in [0.717, 1.165) is 38.5 Å². The number of aromatic nitrogens is 6. The number of nitrogens with one attached hydrogen (secondary N) is 2. The third kappa shape index (κ3) is 5.11. The average Bonchev–Trinajstić information content (AvgIpc) is 3.57. The molecule has 39 heavy (non-hydrogen) atoms. The molecule has 2 saturated carbocycles. The van der Waals surface area contributed by atoms with Crippen molar-refractivity contribution in [3.05, 3.63) is 10.6 Å². The average molecular weight is 549 g/mol. The summed E-state index contributed by atoms with van der Waals surface area (Å²) in [6, 6.07) is -1.50. The fourth-order valence-corrected chi connectivity index (χ4v) is 6.34. The number of anilines is 2. The van der Waals surface area contributed by atoms with Gasteiger partial charge in [-0.05, 0) is 63.2 Å². The van der Waals surface area contributed by atoms with E-state index in [9.17, 15) is 18.0 Å². The standard InChI is InChI=1S/C26H35F3N8O2/c1-14-8-10-16(11-9-14)13-37-19-20(30-15(2)17-5-3-6-17)31-22(23-34-25(38)39-35-23)32-21(19)33-24(37)36-12-4-7-18(36)26(27,28)29/h14-18H,3-13H2,1-2H3,(H,30,31,32)(H,34,35,38)/t14-,15-,16-,18+/m1/s1. The summed E-state index contributed by atoms with van der Waals surface area (Å²) in [5.74, 6) is 1.65. The van der Waals surface area contributed by atoms with Gasteiger partial charge in [-0.2, -0.15) is 18.2 Å². The summed E-state index contributed by atoms with van der Waals surface area (Å²) >= 11 is 0. The number of imidazole rings is 1. The number of fused-ring (bicyclic) bond motifs is 1. The predicted octanol–water partition coefficient (Wildman–Crippen LogP) is 5.13. The van der Waals surface area contributed by atoms with E-state index in [1.165, 1.54) is 11.3 Å². The summed E-state index contributed by atoms with van der Waals surface area (Å²) in [4.78, 5) is 29.5. The van der Waals surface area contributed by atoms with Crippen molar-refractivity contribution in [3.8, 4) is 11.6 Å². The van der Waals surface area contributed by atoms with E-state index in [4.69, 9.17) is 9.97 Å². The van der Waals surface area contributed by atoms with Crippen LogP contribution in [0.2, 0.25) is 0 Å². The molecule has 0 aromatic carbocycles. The molecule has 212 valence electrons. The predicted molar refractivity (Wildman–Crippen MR) is 139 cm³/mol. The third-order valence-electron chi connectivity index (χ3n) is 8.92. The van der Waals surface area contributed by atoms with Crippen molar-refractivity contribution in [2.24, 2.45) is 17.8 Å². The maximum atomic E-state index is 14.1. The number of aromatic amines is 1. The van der Waals surface area contributed by atoms with Gasteiger partial charge in [-0.25, -0.2) is 14.8 Å². The first-order chi connectivity index (χ1) is 18.7. The van der Waals surface area contributed by atoms with Crippen LogP contribution >= 0.6 is 0 Å². The van der Waals surface area contributed by atoms with Gasteiger partial charge in [-0.1, -0.05) is 31.3 Å². The lowest BCUT2D eigenvalue weighted by molar-refractivity contribution is -0.146. The van der Waals surface area contributed by atoms with Crippen LogP contribution in [0.5, 0.6) is 0 Å². The van der Waals surface area contributed by atoms with E-state index in [-0.39, 0.29) is 42.3 Å². The quantitative estimate of drug-likeness (QED) is 0.417. The minimum absolute atomic E-state index is 0.0363. The molecule has 3 aliphatic rings. The van der Waals surface area contributed by atoms with E-state index in [0.29, 0.717) is 42.1 Å². The van der Waals surface area contributed by atoms with E-state index >= 15 is 0 Å². The van der Waals surface area contributed by atoms with Gasteiger partial charge >= 0.3 is 11.9 Å². The van der Waals surface area contributed by atoms with Gasteiger partial charge in [-0.3, -0.25) is 9.51 Å². The zero-order chi connectivity index (χ0) is 27.3. The Labute approximate surface area is 223 Å². The Morgan fingerprint density at radius 3 is 2.49 bits per heavy atom. The second kappa shape index (κ2) is 10.1. The number of rotatable bonds is 7. The Balaban J connectivity index is 1.50. The third-order valence-corrected chi connectivity index (χ3v) is 8.92. The Morgan fingerprint density at radius 1 is 1.08 bits per heavy atom. The molecule has 3 aromatic heterocycles. The number of hydrogen-bond donors (Lipinski definition) is 2. The number of hydrogen-bond acceptors (Lipinski definition) is 8. The Hall–Kier alpha value is -3.12. The van der Waals surface area contributed by atoms with E-state index in [1.54, 1.807) is 0 Å². The smallest absolute Gasteiger partial charge is 0.365 e. The van der Waals surface area contributed by atoms with Gasteiger partial charge in [-0.15, -0.1) is 0 Å². The van der Waals surface area contributed by atoms with Crippen LogP contribution in [0.3, 0.4) is 0 Å². The molecule has 4 heterocycles. The lowest BCUT2D eigenvalue weighted by Crippen LogP contribution is -2.42. The molecule has 0 spiro atoms. The summed E-state index contributed by atoms with van der Waals surface area (Å²) in [7, 11) is 0. The van der Waals surface area contributed by atoms with Crippen LogP contribution in [0.15, 0.2) is 9.32 Å². The first kappa shape index (κ1) is 26.1. The van der Waals surface area contributed by atoms with E-state index in [1.807, 2.05) is 4.57 Å². The van der Waals surface area contributed by atoms with E-state index < -0.39 is 18.0 Å². The van der Waals surface area contributed by atoms with Crippen molar-refractivity contribution < 1.29 is 17.7 Å². The van der Waals surface area contributed by atoms with Crippen LogP contribution in [-0.4, -0.2) is 54.5 Å². The van der Waals surface area contributed by atoms with Crippen molar-refractivity contribution >= 4 is 22.9 Å². The first-order valence-electron chi connectivity index (χ1n) is 14.1. The normalized spacial score (nSPS) is 25.3. The van der Waals surface area contributed by atoms with Gasteiger partial charge in [0.15, 0.2) is 11.5 Å². The highest BCUT2D eigenvalue weighted by Gasteiger charge is 2.47. The van der Waals surface area contributed by atoms with Crippen molar-refractivity contribution in [2.75, 3.05) is 16.8 Å². The zero-order valence-electron chi connectivity index (χ0n) is 22.3. The number of halogens is 3. The molecule has 3 fully saturated rings. The Morgan fingerprint density at radius 2 is 1.85 bits per heavy atom. The Bertz CT molecular complexity index is 1370. The summed E-state index contributed by atoms with van der Waals surface area (Å²) in [6.07, 6.45) is 3.75. The van der Waals surface area contributed by atoms with Crippen LogP contribution in [0.4, 0.5) is 24.9 Å². The van der Waals surface area contributed by atoms with Crippen LogP contribution in [0.1, 0.15) is 71.6 Å². The minimum Gasteiger partial charge on any atom is -0.365 e. The van der Waals surface area contributed by atoms with Gasteiger partial charge in [0.25, 0.3) is 0 Å². The molecule has 3 aromatic rings. The van der Waals surface area contributed by atoms with Gasteiger partial charge in [0.1, 0.15) is 11.6 Å². The molecule has 2 aliphatic carbocycles. The molecule has 1 saturated heterocycles. The second-order valence-electron chi connectivity index (χ2n) is 11.7. The Kier molecular flexibility index (Phi) is 6.78. The van der Waals surface area contributed by atoms with E-state index in [2.05, 4.69) is 38.8 Å². The maximum absolute atomic E-state index is 14.1. The lowest BCUT2D eigenvalue weighted by atomic mass is 9.80. The van der Waals surface area contributed by atoms with Crippen molar-refractivity contribution in [1.82, 2.24) is 29.7 Å². The lowest BCUT2D eigenvalue weighted by Gasteiger charge is -2.33. The van der Waals surface area contributed by atoms with Crippen LogP contribution in [0.25, 0.3) is 22.8 Å². The SMILES string of the molecule is C[C@@H](Nc1nc(-c2noc(=O)[nH]2)nc2nc(N3CCC[C@H]3C(F)(F)F)n(C[C@H]3CC[C@H](C)CC3)c12)C1CCC1. The summed E-state index contributed by atoms with van der Waals surface area (Å²) < 4.78 is 48.9. The second-order valence-corrected chi connectivity index (χ2v) is 11.7. The fourth-order valence-electron chi connectivity index (χ4n) is 6.34. The molecule has 0 bridgehead atoms. The molecule has 13 heteroatoms. The molecule has 2 N–H and O–H groups in total. The molecular weight excluding hydrogens is 513 g/mol. The van der Waals surface area contributed by atoms with Crippen molar-refractivity contribution in [2.45, 2.75) is 96.4 Å². The van der Waals surface area contributed by atoms with Crippen LogP contribution in [0, 0.1) is 17.8 Å². The fraction of sp³-hybridized carbons (Fsp3) is 0.731. The molecule has 6 rings (SSSR count). The van der Waals surface area contributed by atoms with Crippen molar-refractivity contribution in [3.63, 3.8) is 0 Å². The van der Waals surface area contributed by atoms with Crippen LogP contribution in [-0.2, 0) is 6.54 Å². The molecule has 2 atom stereocenters. The number of H-pyrrole nitrogens is 1. The van der Waals surface area contributed by atoms with Gasteiger partial charge < -0.3 is 14.8 Å². The molecule has 1 aliphatic heterocycles. The van der Waals surface area contributed by atoms with Gasteiger partial charge in [0.05, 0.1) is 0 Å².